The summed E-state index contributed by atoms with van der Waals surface area (Å²) in [5.74, 6) is 0.0573. The number of carbonyl (C=O) groups excluding carboxylic acids is 2. The molecular weight excluding hydrogens is 460 g/mol. The molecule has 0 bridgehead atoms. The average molecular weight is 485 g/mol. The first-order chi connectivity index (χ1) is 15.9. The lowest BCUT2D eigenvalue weighted by atomic mass is 10.1. The molecule has 4 rings (SSSR count). The van der Waals surface area contributed by atoms with Gasteiger partial charge in [-0.2, -0.15) is 0 Å². The highest BCUT2D eigenvalue weighted by molar-refractivity contribution is 7.20. The van der Waals surface area contributed by atoms with Crippen molar-refractivity contribution < 1.29 is 19.1 Å². The third-order valence-corrected chi connectivity index (χ3v) is 6.90. The van der Waals surface area contributed by atoms with Gasteiger partial charge in [0.2, 0.25) is 0 Å². The zero-order valence-electron chi connectivity index (χ0n) is 18.5. The summed E-state index contributed by atoms with van der Waals surface area (Å²) in [4.78, 5) is 29.2. The van der Waals surface area contributed by atoms with Crippen LogP contribution in [-0.2, 0) is 9.53 Å². The van der Waals surface area contributed by atoms with E-state index in [1.807, 2.05) is 37.3 Å². The number of amides is 2. The number of nitrogens with zero attached hydrogens (tertiary/aromatic N) is 1. The fourth-order valence-corrected chi connectivity index (χ4v) is 5.05. The Bertz CT molecular complexity index is 1140. The second-order valence-corrected chi connectivity index (χ2v) is 9.19. The minimum Gasteiger partial charge on any atom is -0.481 e. The molecule has 3 aromatic rings. The Kier molecular flexibility index (Phi) is 7.33. The standard InChI is InChI=1S/C25H25ClN2O4S/c1-16-21(25(30)28-11-13-31-14-12-28)24(33-22(16)18-7-4-3-5-8-18)27-23(29)17(2)32-20-10-6-9-19(26)15-20/h3-10,15,17H,11-14H2,1-2H3,(H,27,29). The molecule has 1 fully saturated rings. The summed E-state index contributed by atoms with van der Waals surface area (Å²) >= 11 is 7.41. The minimum absolute atomic E-state index is 0.104. The Labute approximate surface area is 202 Å². The van der Waals surface area contributed by atoms with E-state index in [4.69, 9.17) is 21.1 Å². The number of halogens is 1. The van der Waals surface area contributed by atoms with E-state index in [2.05, 4.69) is 5.32 Å². The first-order valence-electron chi connectivity index (χ1n) is 10.7. The maximum absolute atomic E-state index is 13.4. The van der Waals surface area contributed by atoms with E-state index in [1.54, 1.807) is 36.1 Å². The molecule has 1 aliphatic rings. The van der Waals surface area contributed by atoms with E-state index < -0.39 is 6.10 Å². The number of ether oxygens (including phenoxy) is 2. The van der Waals surface area contributed by atoms with Gasteiger partial charge in [0.1, 0.15) is 10.8 Å². The van der Waals surface area contributed by atoms with Gasteiger partial charge in [0.15, 0.2) is 6.10 Å². The Morgan fingerprint density at radius 1 is 1.12 bits per heavy atom. The number of hydrogen-bond donors (Lipinski definition) is 1. The maximum atomic E-state index is 13.4. The smallest absolute Gasteiger partial charge is 0.265 e. The van der Waals surface area contributed by atoms with E-state index >= 15 is 0 Å². The fraction of sp³-hybridized carbons (Fsp3) is 0.280. The Hall–Kier alpha value is -2.87. The monoisotopic (exact) mass is 484 g/mol. The molecule has 0 saturated carbocycles. The predicted octanol–water partition coefficient (Wildman–Crippen LogP) is 5.26. The van der Waals surface area contributed by atoms with Crippen LogP contribution in [0.25, 0.3) is 10.4 Å². The number of thiophene rings is 1. The third kappa shape index (κ3) is 5.38. The van der Waals surface area contributed by atoms with Crippen molar-refractivity contribution in [2.45, 2.75) is 20.0 Å². The van der Waals surface area contributed by atoms with Crippen LogP contribution in [0.1, 0.15) is 22.8 Å². The van der Waals surface area contributed by atoms with Gasteiger partial charge < -0.3 is 19.7 Å². The molecular formula is C25H25ClN2O4S. The minimum atomic E-state index is -0.780. The van der Waals surface area contributed by atoms with Crippen LogP contribution in [0, 0.1) is 6.92 Å². The van der Waals surface area contributed by atoms with Gasteiger partial charge >= 0.3 is 0 Å². The van der Waals surface area contributed by atoms with E-state index in [1.165, 1.54) is 11.3 Å². The molecule has 1 N–H and O–H groups in total. The van der Waals surface area contributed by atoms with Crippen LogP contribution in [-0.4, -0.2) is 49.1 Å². The first-order valence-corrected chi connectivity index (χ1v) is 11.9. The Morgan fingerprint density at radius 2 is 1.85 bits per heavy atom. The number of anilines is 1. The lowest BCUT2D eigenvalue weighted by Crippen LogP contribution is -2.41. The molecule has 172 valence electrons. The number of rotatable bonds is 6. The summed E-state index contributed by atoms with van der Waals surface area (Å²) in [5, 5.41) is 3.99. The highest BCUT2D eigenvalue weighted by Gasteiger charge is 2.29. The van der Waals surface area contributed by atoms with Gasteiger partial charge in [-0.05, 0) is 43.2 Å². The largest absolute Gasteiger partial charge is 0.481 e. The molecule has 0 spiro atoms. The van der Waals surface area contributed by atoms with Crippen LogP contribution in [0.4, 0.5) is 5.00 Å². The van der Waals surface area contributed by atoms with Crippen molar-refractivity contribution in [1.82, 2.24) is 4.90 Å². The average Bonchev–Trinajstić information content (AvgIpc) is 3.15. The Balaban J connectivity index is 1.62. The van der Waals surface area contributed by atoms with Crippen LogP contribution < -0.4 is 10.1 Å². The molecule has 1 aliphatic heterocycles. The maximum Gasteiger partial charge on any atom is 0.265 e. The Morgan fingerprint density at radius 3 is 2.55 bits per heavy atom. The number of nitrogens with one attached hydrogen (secondary N) is 1. The molecule has 1 unspecified atom stereocenters. The highest BCUT2D eigenvalue weighted by atomic mass is 35.5. The molecule has 33 heavy (non-hydrogen) atoms. The molecule has 0 aliphatic carbocycles. The van der Waals surface area contributed by atoms with E-state index in [9.17, 15) is 9.59 Å². The van der Waals surface area contributed by atoms with Crippen molar-refractivity contribution in [3.63, 3.8) is 0 Å². The molecule has 1 saturated heterocycles. The van der Waals surface area contributed by atoms with E-state index in [-0.39, 0.29) is 11.8 Å². The van der Waals surface area contributed by atoms with Gasteiger partial charge in [-0.15, -0.1) is 11.3 Å². The van der Waals surface area contributed by atoms with Crippen molar-refractivity contribution in [1.29, 1.82) is 0 Å². The van der Waals surface area contributed by atoms with Gasteiger partial charge in [-0.25, -0.2) is 0 Å². The van der Waals surface area contributed by atoms with Crippen LogP contribution in [0.2, 0.25) is 5.02 Å². The number of carbonyl (C=O) groups is 2. The summed E-state index contributed by atoms with van der Waals surface area (Å²) in [5.41, 5.74) is 2.37. The molecule has 2 heterocycles. The summed E-state index contributed by atoms with van der Waals surface area (Å²) in [6.07, 6.45) is -0.780. The highest BCUT2D eigenvalue weighted by Crippen LogP contribution is 2.40. The van der Waals surface area contributed by atoms with Crippen molar-refractivity contribution in [2.24, 2.45) is 0 Å². The molecule has 6 nitrogen and oxygen atoms in total. The number of morpholine rings is 1. The molecule has 2 aromatic carbocycles. The van der Waals surface area contributed by atoms with Crippen LogP contribution >= 0.6 is 22.9 Å². The molecule has 8 heteroatoms. The topological polar surface area (TPSA) is 67.9 Å². The van der Waals surface area contributed by atoms with E-state index in [0.717, 1.165) is 16.0 Å². The number of hydrogen-bond acceptors (Lipinski definition) is 5. The van der Waals surface area contributed by atoms with Crippen molar-refractivity contribution in [3.8, 4) is 16.2 Å². The quantitative estimate of drug-likeness (QED) is 0.518. The lowest BCUT2D eigenvalue weighted by molar-refractivity contribution is -0.122. The normalized spacial score (nSPS) is 14.6. The summed E-state index contributed by atoms with van der Waals surface area (Å²) in [6, 6.07) is 16.8. The van der Waals surface area contributed by atoms with E-state index in [0.29, 0.717) is 47.6 Å². The molecule has 2 amide bonds. The van der Waals surface area contributed by atoms with Gasteiger partial charge in [0, 0.05) is 23.0 Å². The summed E-state index contributed by atoms with van der Waals surface area (Å²) in [6.45, 7) is 5.65. The zero-order valence-corrected chi connectivity index (χ0v) is 20.0. The van der Waals surface area contributed by atoms with Gasteiger partial charge in [-0.3, -0.25) is 9.59 Å². The lowest BCUT2D eigenvalue weighted by Gasteiger charge is -2.27. The fourth-order valence-electron chi connectivity index (χ4n) is 3.66. The summed E-state index contributed by atoms with van der Waals surface area (Å²) < 4.78 is 11.2. The SMILES string of the molecule is Cc1c(-c2ccccc2)sc(NC(=O)C(C)Oc2cccc(Cl)c2)c1C(=O)N1CCOCC1. The van der Waals surface area contributed by atoms with Crippen LogP contribution in [0.15, 0.2) is 54.6 Å². The predicted molar refractivity (Wildman–Crippen MR) is 131 cm³/mol. The second kappa shape index (κ2) is 10.4. The molecule has 1 aromatic heterocycles. The van der Waals surface area contributed by atoms with Gasteiger partial charge in [-0.1, -0.05) is 48.0 Å². The van der Waals surface area contributed by atoms with Gasteiger partial charge in [0.25, 0.3) is 11.8 Å². The van der Waals surface area contributed by atoms with Crippen molar-refractivity contribution in [2.75, 3.05) is 31.6 Å². The second-order valence-electron chi connectivity index (χ2n) is 7.74. The molecule has 0 radical (unpaired) electrons. The number of benzene rings is 2. The van der Waals surface area contributed by atoms with Gasteiger partial charge in [0.05, 0.1) is 18.8 Å². The first kappa shape index (κ1) is 23.3. The third-order valence-electron chi connectivity index (χ3n) is 5.41. The van der Waals surface area contributed by atoms with Crippen molar-refractivity contribution in [3.05, 3.63) is 70.7 Å². The summed E-state index contributed by atoms with van der Waals surface area (Å²) in [7, 11) is 0. The van der Waals surface area contributed by atoms with Crippen molar-refractivity contribution >= 4 is 39.8 Å². The molecule has 1 atom stereocenters. The van der Waals surface area contributed by atoms with Crippen LogP contribution in [0.5, 0.6) is 5.75 Å². The zero-order chi connectivity index (χ0) is 23.4. The van der Waals surface area contributed by atoms with Crippen LogP contribution in [0.3, 0.4) is 0 Å².